The van der Waals surface area contributed by atoms with Crippen molar-refractivity contribution in [1.29, 1.82) is 5.26 Å². The lowest BCUT2D eigenvalue weighted by atomic mass is 10.00. The number of rotatable bonds is 6. The van der Waals surface area contributed by atoms with Crippen molar-refractivity contribution in [1.82, 2.24) is 4.90 Å². The lowest BCUT2D eigenvalue weighted by Gasteiger charge is -2.35. The minimum atomic E-state index is -0.624. The first-order valence-corrected chi connectivity index (χ1v) is 8.22. The molecule has 1 fully saturated rings. The predicted molar refractivity (Wildman–Crippen MR) is 87.3 cm³/mol. The predicted octanol–water partition coefficient (Wildman–Crippen LogP) is 2.27. The van der Waals surface area contributed by atoms with E-state index < -0.39 is 5.97 Å². The van der Waals surface area contributed by atoms with Gasteiger partial charge in [0.25, 0.3) is 5.91 Å². The number of carbonyl (C=O) groups is 2. The lowest BCUT2D eigenvalue weighted by Crippen LogP contribution is -2.45. The molecule has 128 valence electrons. The number of carbonyl (C=O) groups excluding carboxylic acids is 2. The largest absolute Gasteiger partial charge is 0.481 e. The zero-order valence-corrected chi connectivity index (χ0v) is 13.9. The molecular formula is C18H22N2O4. The molecule has 0 aliphatic carbocycles. The molecular weight excluding hydrogens is 308 g/mol. The van der Waals surface area contributed by atoms with E-state index in [0.717, 1.165) is 32.2 Å². The Morgan fingerprint density at radius 3 is 2.83 bits per heavy atom. The average molecular weight is 330 g/mol. The third kappa shape index (κ3) is 4.72. The number of nitriles is 1. The van der Waals surface area contributed by atoms with E-state index >= 15 is 0 Å². The van der Waals surface area contributed by atoms with Gasteiger partial charge in [0.15, 0.2) is 13.2 Å². The molecule has 0 radical (unpaired) electrons. The van der Waals surface area contributed by atoms with Crippen LogP contribution in [0.2, 0.25) is 0 Å². The van der Waals surface area contributed by atoms with Crippen LogP contribution in [0.4, 0.5) is 0 Å². The van der Waals surface area contributed by atoms with Gasteiger partial charge in [-0.3, -0.25) is 4.79 Å². The summed E-state index contributed by atoms with van der Waals surface area (Å²) in [6, 6.07) is 8.86. The molecule has 0 spiro atoms. The van der Waals surface area contributed by atoms with E-state index in [0.29, 0.717) is 11.3 Å². The Balaban J connectivity index is 1.78. The van der Waals surface area contributed by atoms with Crippen LogP contribution < -0.4 is 4.74 Å². The van der Waals surface area contributed by atoms with Crippen molar-refractivity contribution < 1.29 is 19.1 Å². The van der Waals surface area contributed by atoms with Crippen molar-refractivity contribution >= 4 is 11.9 Å². The van der Waals surface area contributed by atoms with Gasteiger partial charge in [0.05, 0.1) is 5.56 Å². The van der Waals surface area contributed by atoms with Crippen molar-refractivity contribution in [3.63, 3.8) is 0 Å². The summed E-state index contributed by atoms with van der Waals surface area (Å²) in [7, 11) is 0. The van der Waals surface area contributed by atoms with Crippen LogP contribution in [0, 0.1) is 11.3 Å². The summed E-state index contributed by atoms with van der Waals surface area (Å²) in [5.74, 6) is -0.459. The number of piperidine rings is 1. The van der Waals surface area contributed by atoms with Gasteiger partial charge in [-0.15, -0.1) is 0 Å². The normalized spacial score (nSPS) is 17.0. The molecule has 0 saturated carbocycles. The van der Waals surface area contributed by atoms with Gasteiger partial charge >= 0.3 is 5.97 Å². The summed E-state index contributed by atoms with van der Waals surface area (Å²) in [5.41, 5.74) is 0.348. The highest BCUT2D eigenvalue weighted by Crippen LogP contribution is 2.19. The molecule has 0 N–H and O–H groups in total. The fourth-order valence-corrected chi connectivity index (χ4v) is 2.84. The van der Waals surface area contributed by atoms with E-state index in [9.17, 15) is 9.59 Å². The summed E-state index contributed by atoms with van der Waals surface area (Å²) in [6.07, 6.45) is 4.04. The number of hydrogen-bond acceptors (Lipinski definition) is 5. The summed E-state index contributed by atoms with van der Waals surface area (Å²) < 4.78 is 10.3. The topological polar surface area (TPSA) is 79.6 Å². The molecule has 1 aromatic carbocycles. The van der Waals surface area contributed by atoms with Crippen LogP contribution in [0.3, 0.4) is 0 Å². The van der Waals surface area contributed by atoms with Crippen LogP contribution >= 0.6 is 0 Å². The summed E-state index contributed by atoms with van der Waals surface area (Å²) in [6.45, 7) is 2.19. The van der Waals surface area contributed by atoms with Gasteiger partial charge in [0.2, 0.25) is 0 Å². The second-order valence-corrected chi connectivity index (χ2v) is 5.70. The van der Waals surface area contributed by atoms with Crippen LogP contribution in [-0.2, 0) is 14.3 Å². The minimum absolute atomic E-state index is 0.160. The van der Waals surface area contributed by atoms with E-state index in [1.165, 1.54) is 0 Å². The molecule has 1 saturated heterocycles. The monoisotopic (exact) mass is 330 g/mol. The molecule has 6 heteroatoms. The number of likely N-dealkylation sites (tertiary alicyclic amines) is 1. The van der Waals surface area contributed by atoms with Crippen LogP contribution in [0.1, 0.15) is 38.2 Å². The smallest absolute Gasteiger partial charge is 0.344 e. The number of hydrogen-bond donors (Lipinski definition) is 0. The van der Waals surface area contributed by atoms with Crippen molar-refractivity contribution in [2.24, 2.45) is 0 Å². The third-order valence-corrected chi connectivity index (χ3v) is 4.13. The molecule has 1 atom stereocenters. The second kappa shape index (κ2) is 8.92. The SMILES string of the molecule is CC[C@H]1CCCCN1C(=O)COC(=O)COc1ccccc1C#N. The zero-order valence-electron chi connectivity index (χ0n) is 13.9. The Kier molecular flexibility index (Phi) is 6.62. The van der Waals surface area contributed by atoms with Crippen LogP contribution in [0.25, 0.3) is 0 Å². The van der Waals surface area contributed by atoms with Crippen LogP contribution in [0.15, 0.2) is 24.3 Å². The molecule has 1 aliphatic heterocycles. The Morgan fingerprint density at radius 1 is 1.29 bits per heavy atom. The number of nitrogens with zero attached hydrogens (tertiary/aromatic N) is 2. The van der Waals surface area contributed by atoms with Crippen molar-refractivity contribution in [3.05, 3.63) is 29.8 Å². The number of benzene rings is 1. The average Bonchev–Trinajstić information content (AvgIpc) is 2.64. The first-order chi connectivity index (χ1) is 11.7. The number of ether oxygens (including phenoxy) is 2. The van der Waals surface area contributed by atoms with E-state index in [4.69, 9.17) is 14.7 Å². The summed E-state index contributed by atoms with van der Waals surface area (Å²) in [5, 5.41) is 8.96. The van der Waals surface area contributed by atoms with Crippen molar-refractivity contribution in [3.8, 4) is 11.8 Å². The van der Waals surface area contributed by atoms with Crippen molar-refractivity contribution in [2.45, 2.75) is 38.6 Å². The van der Waals surface area contributed by atoms with Gasteiger partial charge in [-0.25, -0.2) is 4.79 Å². The highest BCUT2D eigenvalue weighted by Gasteiger charge is 2.25. The third-order valence-electron chi connectivity index (χ3n) is 4.13. The number of esters is 1. The molecule has 0 aromatic heterocycles. The molecule has 1 aliphatic rings. The fourth-order valence-electron chi connectivity index (χ4n) is 2.84. The highest BCUT2D eigenvalue weighted by molar-refractivity contribution is 5.81. The first-order valence-electron chi connectivity index (χ1n) is 8.22. The van der Waals surface area contributed by atoms with Crippen molar-refractivity contribution in [2.75, 3.05) is 19.8 Å². The molecule has 1 amide bonds. The lowest BCUT2D eigenvalue weighted by molar-refractivity contribution is -0.155. The van der Waals surface area contributed by atoms with E-state index in [2.05, 4.69) is 6.92 Å². The molecule has 0 bridgehead atoms. The zero-order chi connectivity index (χ0) is 17.4. The second-order valence-electron chi connectivity index (χ2n) is 5.70. The molecule has 1 aromatic rings. The van der Waals surface area contributed by atoms with E-state index in [1.54, 1.807) is 24.3 Å². The Bertz CT molecular complexity index is 624. The molecule has 24 heavy (non-hydrogen) atoms. The first kappa shape index (κ1) is 17.8. The number of para-hydroxylation sites is 1. The van der Waals surface area contributed by atoms with Gasteiger partial charge in [-0.1, -0.05) is 19.1 Å². The molecule has 0 unspecified atom stereocenters. The minimum Gasteiger partial charge on any atom is -0.481 e. The molecule has 2 rings (SSSR count). The van der Waals surface area contributed by atoms with Crippen LogP contribution in [0.5, 0.6) is 5.75 Å². The maximum atomic E-state index is 12.2. The summed E-state index contributed by atoms with van der Waals surface area (Å²) in [4.78, 5) is 25.8. The van der Waals surface area contributed by atoms with Gasteiger partial charge in [0, 0.05) is 12.6 Å². The van der Waals surface area contributed by atoms with Gasteiger partial charge in [-0.05, 0) is 37.8 Å². The maximum Gasteiger partial charge on any atom is 0.344 e. The molecule has 1 heterocycles. The Morgan fingerprint density at radius 2 is 2.08 bits per heavy atom. The number of amides is 1. The Hall–Kier alpha value is -2.55. The van der Waals surface area contributed by atoms with E-state index in [1.807, 2.05) is 11.0 Å². The van der Waals surface area contributed by atoms with Gasteiger partial charge in [0.1, 0.15) is 11.8 Å². The molecule has 6 nitrogen and oxygen atoms in total. The fraction of sp³-hybridized carbons (Fsp3) is 0.500. The highest BCUT2D eigenvalue weighted by atomic mass is 16.6. The van der Waals surface area contributed by atoms with Crippen LogP contribution in [-0.4, -0.2) is 42.6 Å². The summed E-state index contributed by atoms with van der Waals surface area (Å²) >= 11 is 0. The van der Waals surface area contributed by atoms with E-state index in [-0.39, 0.29) is 25.2 Å². The maximum absolute atomic E-state index is 12.2. The van der Waals surface area contributed by atoms with Gasteiger partial charge in [-0.2, -0.15) is 5.26 Å². The quantitative estimate of drug-likeness (QED) is 0.748. The Labute approximate surface area is 142 Å². The van der Waals surface area contributed by atoms with Gasteiger partial charge < -0.3 is 14.4 Å². The standard InChI is InChI=1S/C18H22N2O4/c1-2-15-8-5-6-10-20(15)17(21)12-24-18(22)13-23-16-9-4-3-7-14(16)11-19/h3-4,7,9,15H,2,5-6,8,10,12-13H2,1H3/t15-/m0/s1.